The molecular weight excluding hydrogens is 238 g/mol. The maximum atomic E-state index is 11.6. The zero-order valence-corrected chi connectivity index (χ0v) is 11.1. The molecule has 0 spiro atoms. The Hall–Kier alpha value is -1.63. The second kappa shape index (κ2) is 6.95. The average molecular weight is 259 g/mol. The first-order chi connectivity index (χ1) is 8.16. The van der Waals surface area contributed by atoms with Gasteiger partial charge in [0.15, 0.2) is 0 Å². The van der Waals surface area contributed by atoms with Crippen LogP contribution >= 0.6 is 0 Å². The lowest BCUT2D eigenvalue weighted by molar-refractivity contribution is -0.141. The summed E-state index contributed by atoms with van der Waals surface area (Å²) in [5, 5.41) is 13.3. The Bertz CT molecular complexity index is 330. The van der Waals surface area contributed by atoms with Crippen LogP contribution in [0.2, 0.25) is 0 Å². The van der Waals surface area contributed by atoms with E-state index in [0.717, 1.165) is 0 Å². The van der Waals surface area contributed by atoms with E-state index < -0.39 is 35.9 Å². The molecule has 0 aromatic rings. The van der Waals surface area contributed by atoms with Gasteiger partial charge in [-0.05, 0) is 19.8 Å². The van der Waals surface area contributed by atoms with Gasteiger partial charge in [-0.1, -0.05) is 13.8 Å². The molecule has 3 atom stereocenters. The summed E-state index contributed by atoms with van der Waals surface area (Å²) in [5.41, 5.74) is 5.62. The third-order valence-electron chi connectivity index (χ3n) is 2.50. The van der Waals surface area contributed by atoms with E-state index in [9.17, 15) is 14.4 Å². The molecule has 18 heavy (non-hydrogen) atoms. The summed E-state index contributed by atoms with van der Waals surface area (Å²) < 4.78 is 0. The van der Waals surface area contributed by atoms with E-state index in [0.29, 0.717) is 0 Å². The molecule has 104 valence electrons. The average Bonchev–Trinajstić information content (AvgIpc) is 2.26. The number of hydrogen-bond donors (Lipinski definition) is 4. The highest BCUT2D eigenvalue weighted by Crippen LogP contribution is 1.98. The molecule has 0 unspecified atom stereocenters. The van der Waals surface area contributed by atoms with Gasteiger partial charge in [-0.2, -0.15) is 0 Å². The van der Waals surface area contributed by atoms with Crippen LogP contribution in [-0.4, -0.2) is 41.0 Å². The van der Waals surface area contributed by atoms with E-state index in [1.807, 2.05) is 0 Å². The van der Waals surface area contributed by atoms with Gasteiger partial charge in [-0.25, -0.2) is 0 Å². The van der Waals surface area contributed by atoms with Crippen LogP contribution in [0.4, 0.5) is 0 Å². The summed E-state index contributed by atoms with van der Waals surface area (Å²) in [4.78, 5) is 33.7. The number of hydrogen-bond acceptors (Lipinski definition) is 4. The summed E-state index contributed by atoms with van der Waals surface area (Å²) in [6, 6.07) is -2.53. The molecule has 0 aliphatic carbocycles. The molecule has 0 aromatic carbocycles. The molecular formula is C11H21N3O4. The zero-order valence-electron chi connectivity index (χ0n) is 11.1. The van der Waals surface area contributed by atoms with Crippen molar-refractivity contribution in [3.05, 3.63) is 0 Å². The van der Waals surface area contributed by atoms with E-state index in [2.05, 4.69) is 10.6 Å². The van der Waals surface area contributed by atoms with Crippen molar-refractivity contribution in [1.82, 2.24) is 10.6 Å². The van der Waals surface area contributed by atoms with Crippen LogP contribution in [0.3, 0.4) is 0 Å². The van der Waals surface area contributed by atoms with Crippen molar-refractivity contribution in [1.29, 1.82) is 0 Å². The van der Waals surface area contributed by atoms with Crippen LogP contribution in [0.25, 0.3) is 0 Å². The van der Waals surface area contributed by atoms with E-state index in [4.69, 9.17) is 10.8 Å². The number of rotatable bonds is 6. The maximum absolute atomic E-state index is 11.6. The molecule has 0 aliphatic rings. The van der Waals surface area contributed by atoms with Crippen LogP contribution in [0.15, 0.2) is 0 Å². The highest BCUT2D eigenvalue weighted by Gasteiger charge is 2.23. The monoisotopic (exact) mass is 259 g/mol. The summed E-state index contributed by atoms with van der Waals surface area (Å²) >= 11 is 0. The predicted molar refractivity (Wildman–Crippen MR) is 65.7 cm³/mol. The minimum atomic E-state index is -1.14. The fourth-order valence-corrected chi connectivity index (χ4v) is 1.08. The van der Waals surface area contributed by atoms with Gasteiger partial charge < -0.3 is 21.5 Å². The lowest BCUT2D eigenvalue weighted by Gasteiger charge is -2.20. The summed E-state index contributed by atoms with van der Waals surface area (Å²) in [6.07, 6.45) is 0. The van der Waals surface area contributed by atoms with Crippen molar-refractivity contribution in [3.63, 3.8) is 0 Å². The number of aliphatic carboxylic acids is 1. The van der Waals surface area contributed by atoms with Gasteiger partial charge in [0.1, 0.15) is 12.1 Å². The second-order valence-corrected chi connectivity index (χ2v) is 4.57. The lowest BCUT2D eigenvalue weighted by Crippen LogP contribution is -2.53. The first kappa shape index (κ1) is 16.4. The van der Waals surface area contributed by atoms with Crippen molar-refractivity contribution < 1.29 is 19.5 Å². The van der Waals surface area contributed by atoms with Crippen molar-refractivity contribution >= 4 is 17.8 Å². The van der Waals surface area contributed by atoms with Gasteiger partial charge in [-0.15, -0.1) is 0 Å². The zero-order chi connectivity index (χ0) is 14.5. The lowest BCUT2D eigenvalue weighted by atomic mass is 10.0. The van der Waals surface area contributed by atoms with Gasteiger partial charge in [-0.3, -0.25) is 14.4 Å². The van der Waals surface area contributed by atoms with Gasteiger partial charge in [0, 0.05) is 0 Å². The maximum Gasteiger partial charge on any atom is 0.325 e. The van der Waals surface area contributed by atoms with Crippen molar-refractivity contribution in [3.8, 4) is 0 Å². The van der Waals surface area contributed by atoms with E-state index >= 15 is 0 Å². The standard InChI is InChI=1S/C11H21N3O4/c1-5(2)8(12)10(16)13-6(3)9(15)14-7(4)11(17)18/h5-8H,12H2,1-4H3,(H,13,16)(H,14,15)(H,17,18)/t6-,7-,8+/m0/s1. The van der Waals surface area contributed by atoms with E-state index in [-0.39, 0.29) is 5.92 Å². The van der Waals surface area contributed by atoms with E-state index in [1.165, 1.54) is 13.8 Å². The molecule has 0 saturated carbocycles. The topological polar surface area (TPSA) is 122 Å². The molecule has 0 fully saturated rings. The van der Waals surface area contributed by atoms with Gasteiger partial charge >= 0.3 is 5.97 Å². The van der Waals surface area contributed by atoms with Crippen LogP contribution < -0.4 is 16.4 Å². The molecule has 0 aromatic heterocycles. The fourth-order valence-electron chi connectivity index (χ4n) is 1.08. The number of carbonyl (C=O) groups is 3. The molecule has 7 heteroatoms. The Morgan fingerprint density at radius 3 is 1.78 bits per heavy atom. The van der Waals surface area contributed by atoms with Crippen LogP contribution in [0.5, 0.6) is 0 Å². The molecule has 0 radical (unpaired) electrons. The minimum Gasteiger partial charge on any atom is -0.480 e. The molecule has 0 heterocycles. The third kappa shape index (κ3) is 5.13. The highest BCUT2D eigenvalue weighted by molar-refractivity contribution is 5.91. The largest absolute Gasteiger partial charge is 0.480 e. The number of nitrogens with one attached hydrogen (secondary N) is 2. The normalized spacial score (nSPS) is 15.7. The molecule has 2 amide bonds. The van der Waals surface area contributed by atoms with Crippen LogP contribution in [0, 0.1) is 5.92 Å². The molecule has 7 nitrogen and oxygen atoms in total. The number of nitrogens with two attached hydrogens (primary N) is 1. The Morgan fingerprint density at radius 1 is 0.944 bits per heavy atom. The van der Waals surface area contributed by atoms with Gasteiger partial charge in [0.2, 0.25) is 11.8 Å². The molecule has 0 bridgehead atoms. The van der Waals surface area contributed by atoms with Gasteiger partial charge in [0.25, 0.3) is 0 Å². The van der Waals surface area contributed by atoms with Crippen molar-refractivity contribution in [2.75, 3.05) is 0 Å². The van der Waals surface area contributed by atoms with Crippen LogP contribution in [0.1, 0.15) is 27.7 Å². The molecule has 0 rings (SSSR count). The second-order valence-electron chi connectivity index (χ2n) is 4.57. The Labute approximate surface area is 106 Å². The highest BCUT2D eigenvalue weighted by atomic mass is 16.4. The third-order valence-corrected chi connectivity index (χ3v) is 2.50. The number of carboxylic acid groups (broad SMARTS) is 1. The smallest absolute Gasteiger partial charge is 0.325 e. The number of amides is 2. The van der Waals surface area contributed by atoms with Crippen molar-refractivity contribution in [2.24, 2.45) is 11.7 Å². The molecule has 0 saturated heterocycles. The summed E-state index contributed by atoms with van der Waals surface area (Å²) in [5.74, 6) is -2.18. The summed E-state index contributed by atoms with van der Waals surface area (Å²) in [6.45, 7) is 6.40. The van der Waals surface area contributed by atoms with Crippen molar-refractivity contribution in [2.45, 2.75) is 45.8 Å². The predicted octanol–water partition coefficient (Wildman–Crippen LogP) is -0.936. The van der Waals surface area contributed by atoms with E-state index in [1.54, 1.807) is 13.8 Å². The fraction of sp³-hybridized carbons (Fsp3) is 0.727. The quantitative estimate of drug-likeness (QED) is 0.490. The summed E-state index contributed by atoms with van der Waals surface area (Å²) in [7, 11) is 0. The first-order valence-corrected chi connectivity index (χ1v) is 5.76. The Balaban J connectivity index is 4.32. The molecule has 5 N–H and O–H groups in total. The van der Waals surface area contributed by atoms with Crippen LogP contribution in [-0.2, 0) is 14.4 Å². The first-order valence-electron chi connectivity index (χ1n) is 5.76. The SMILES string of the molecule is CC(C)[C@@H](N)C(=O)N[C@@H](C)C(=O)N[C@@H](C)C(=O)O. The molecule has 0 aliphatic heterocycles. The number of carbonyl (C=O) groups excluding carboxylic acids is 2. The Kier molecular flexibility index (Phi) is 6.32. The number of carboxylic acids is 1. The Morgan fingerprint density at radius 2 is 1.39 bits per heavy atom. The minimum absolute atomic E-state index is 0.0433. The van der Waals surface area contributed by atoms with Gasteiger partial charge in [0.05, 0.1) is 6.04 Å².